The number of hydrogen-bond donors (Lipinski definition) is 1. The largest absolute Gasteiger partial charge is 0.489 e. The van der Waals surface area contributed by atoms with Crippen LogP contribution < -0.4 is 10.5 Å². The summed E-state index contributed by atoms with van der Waals surface area (Å²) in [5, 5.41) is 0. The maximum atomic E-state index is 13.6. The van der Waals surface area contributed by atoms with Gasteiger partial charge in [0.25, 0.3) is 0 Å². The Labute approximate surface area is 107 Å². The first kappa shape index (κ1) is 11.9. The van der Waals surface area contributed by atoms with E-state index in [1.165, 1.54) is 6.07 Å². The molecule has 0 radical (unpaired) electrons. The van der Waals surface area contributed by atoms with Crippen molar-refractivity contribution < 1.29 is 9.13 Å². The molecule has 0 saturated carbocycles. The number of ether oxygens (including phenoxy) is 1. The highest BCUT2D eigenvalue weighted by molar-refractivity contribution is 9.10. The number of benzene rings is 2. The lowest BCUT2D eigenvalue weighted by Crippen LogP contribution is -2.01. The van der Waals surface area contributed by atoms with Crippen LogP contribution in [0.25, 0.3) is 0 Å². The molecule has 0 atom stereocenters. The lowest BCUT2D eigenvalue weighted by Gasteiger charge is -2.08. The van der Waals surface area contributed by atoms with Gasteiger partial charge in [-0.1, -0.05) is 28.1 Å². The highest BCUT2D eigenvalue weighted by Gasteiger charge is 2.05. The fourth-order valence-corrected chi connectivity index (χ4v) is 1.67. The first-order chi connectivity index (χ1) is 8.16. The minimum Gasteiger partial charge on any atom is -0.489 e. The van der Waals surface area contributed by atoms with Gasteiger partial charge >= 0.3 is 0 Å². The summed E-state index contributed by atoms with van der Waals surface area (Å²) in [6.07, 6.45) is 0. The molecule has 0 aromatic heterocycles. The second kappa shape index (κ2) is 5.19. The van der Waals surface area contributed by atoms with Crippen LogP contribution >= 0.6 is 15.9 Å². The van der Waals surface area contributed by atoms with Gasteiger partial charge in [-0.15, -0.1) is 0 Å². The van der Waals surface area contributed by atoms with Gasteiger partial charge in [0.15, 0.2) is 5.82 Å². The smallest absolute Gasteiger partial charge is 0.152 e. The van der Waals surface area contributed by atoms with Gasteiger partial charge < -0.3 is 10.5 Å². The predicted octanol–water partition coefficient (Wildman–Crippen LogP) is 3.75. The first-order valence-electron chi connectivity index (χ1n) is 5.08. The molecule has 4 heteroatoms. The van der Waals surface area contributed by atoms with E-state index in [0.717, 1.165) is 4.47 Å². The minimum atomic E-state index is -0.412. The highest BCUT2D eigenvalue weighted by atomic mass is 79.9. The number of rotatable bonds is 3. The van der Waals surface area contributed by atoms with Gasteiger partial charge in [0.1, 0.15) is 12.4 Å². The molecule has 88 valence electrons. The average molecular weight is 296 g/mol. The summed E-state index contributed by atoms with van der Waals surface area (Å²) in [5.74, 6) is 0.277. The Kier molecular flexibility index (Phi) is 3.64. The van der Waals surface area contributed by atoms with Gasteiger partial charge in [0, 0.05) is 10.0 Å². The molecular weight excluding hydrogens is 285 g/mol. The summed E-state index contributed by atoms with van der Waals surface area (Å²) in [5.41, 5.74) is 6.07. The molecule has 0 saturated heterocycles. The predicted molar refractivity (Wildman–Crippen MR) is 69.3 cm³/mol. The molecule has 0 heterocycles. The van der Waals surface area contributed by atoms with Crippen molar-refractivity contribution in [3.63, 3.8) is 0 Å². The molecule has 0 spiro atoms. The SMILES string of the molecule is Nc1cccc(COc2ccc(Br)cc2)c1F. The van der Waals surface area contributed by atoms with E-state index in [2.05, 4.69) is 15.9 Å². The van der Waals surface area contributed by atoms with E-state index in [0.29, 0.717) is 11.3 Å². The van der Waals surface area contributed by atoms with Crippen LogP contribution in [0.15, 0.2) is 46.9 Å². The Balaban J connectivity index is 2.07. The molecule has 17 heavy (non-hydrogen) atoms. The molecule has 0 fully saturated rings. The van der Waals surface area contributed by atoms with Crippen molar-refractivity contribution >= 4 is 21.6 Å². The molecule has 2 N–H and O–H groups in total. The summed E-state index contributed by atoms with van der Waals surface area (Å²) in [6, 6.07) is 12.3. The number of anilines is 1. The topological polar surface area (TPSA) is 35.2 Å². The van der Waals surface area contributed by atoms with Crippen LogP contribution in [0.1, 0.15) is 5.56 Å². The third-order valence-corrected chi connectivity index (χ3v) is 2.85. The van der Waals surface area contributed by atoms with E-state index in [1.807, 2.05) is 24.3 Å². The molecule has 0 aliphatic carbocycles. The maximum Gasteiger partial charge on any atom is 0.152 e. The zero-order chi connectivity index (χ0) is 12.3. The molecule has 0 aliphatic rings. The van der Waals surface area contributed by atoms with Crippen LogP contribution in [-0.4, -0.2) is 0 Å². The lowest BCUT2D eigenvalue weighted by molar-refractivity contribution is 0.300. The fourth-order valence-electron chi connectivity index (χ4n) is 1.40. The molecule has 0 amide bonds. The molecule has 2 nitrogen and oxygen atoms in total. The Morgan fingerprint density at radius 3 is 2.53 bits per heavy atom. The van der Waals surface area contributed by atoms with Crippen LogP contribution in [0.3, 0.4) is 0 Å². The number of nitrogen functional groups attached to an aromatic ring is 1. The summed E-state index contributed by atoms with van der Waals surface area (Å²) in [6.45, 7) is 0.165. The summed E-state index contributed by atoms with van der Waals surface area (Å²) < 4.78 is 20.0. The number of halogens is 2. The van der Waals surface area contributed by atoms with Gasteiger partial charge in [-0.2, -0.15) is 0 Å². The summed E-state index contributed by atoms with van der Waals surface area (Å²) in [7, 11) is 0. The van der Waals surface area contributed by atoms with E-state index in [9.17, 15) is 4.39 Å². The van der Waals surface area contributed by atoms with Gasteiger partial charge in [-0.3, -0.25) is 0 Å². The zero-order valence-electron chi connectivity index (χ0n) is 8.99. The first-order valence-corrected chi connectivity index (χ1v) is 5.87. The van der Waals surface area contributed by atoms with Gasteiger partial charge in [0.05, 0.1) is 5.69 Å². The normalized spacial score (nSPS) is 10.2. The molecule has 2 rings (SSSR count). The zero-order valence-corrected chi connectivity index (χ0v) is 10.6. The monoisotopic (exact) mass is 295 g/mol. The highest BCUT2D eigenvalue weighted by Crippen LogP contribution is 2.19. The van der Waals surface area contributed by atoms with Gasteiger partial charge in [0.2, 0.25) is 0 Å². The van der Waals surface area contributed by atoms with Crippen molar-refractivity contribution in [1.82, 2.24) is 0 Å². The van der Waals surface area contributed by atoms with Crippen molar-refractivity contribution in [2.45, 2.75) is 6.61 Å². The van der Waals surface area contributed by atoms with Gasteiger partial charge in [-0.25, -0.2) is 4.39 Å². The molecule has 2 aromatic rings. The van der Waals surface area contributed by atoms with E-state index < -0.39 is 5.82 Å². The molecule has 0 unspecified atom stereocenters. The molecular formula is C13H11BrFNO. The Hall–Kier alpha value is -1.55. The Morgan fingerprint density at radius 2 is 1.82 bits per heavy atom. The van der Waals surface area contributed by atoms with Crippen molar-refractivity contribution in [3.8, 4) is 5.75 Å². The van der Waals surface area contributed by atoms with Crippen LogP contribution in [0.2, 0.25) is 0 Å². The lowest BCUT2D eigenvalue weighted by atomic mass is 10.2. The second-order valence-corrected chi connectivity index (χ2v) is 4.48. The molecule has 0 bridgehead atoms. The van der Waals surface area contributed by atoms with E-state index in [4.69, 9.17) is 10.5 Å². The third-order valence-electron chi connectivity index (χ3n) is 2.32. The Morgan fingerprint density at radius 1 is 1.12 bits per heavy atom. The Bertz CT molecular complexity index is 513. The van der Waals surface area contributed by atoms with E-state index in [1.54, 1.807) is 12.1 Å². The number of nitrogens with two attached hydrogens (primary N) is 1. The quantitative estimate of drug-likeness (QED) is 0.875. The molecule has 0 aliphatic heterocycles. The standard InChI is InChI=1S/C13H11BrFNO/c14-10-4-6-11(7-5-10)17-8-9-2-1-3-12(16)13(9)15/h1-7H,8,16H2. The van der Waals surface area contributed by atoms with Crippen molar-refractivity contribution in [2.75, 3.05) is 5.73 Å². The van der Waals surface area contributed by atoms with Crippen molar-refractivity contribution in [2.24, 2.45) is 0 Å². The summed E-state index contributed by atoms with van der Waals surface area (Å²) in [4.78, 5) is 0. The average Bonchev–Trinajstić information content (AvgIpc) is 2.33. The molecule has 2 aromatic carbocycles. The van der Waals surface area contributed by atoms with Crippen LogP contribution in [-0.2, 0) is 6.61 Å². The van der Waals surface area contributed by atoms with Crippen molar-refractivity contribution in [1.29, 1.82) is 0 Å². The van der Waals surface area contributed by atoms with Crippen LogP contribution in [0, 0.1) is 5.82 Å². The van der Waals surface area contributed by atoms with Crippen LogP contribution in [0.4, 0.5) is 10.1 Å². The van der Waals surface area contributed by atoms with Gasteiger partial charge in [-0.05, 0) is 30.3 Å². The number of hydrogen-bond acceptors (Lipinski definition) is 2. The maximum absolute atomic E-state index is 13.6. The fraction of sp³-hybridized carbons (Fsp3) is 0.0769. The van der Waals surface area contributed by atoms with E-state index in [-0.39, 0.29) is 12.3 Å². The van der Waals surface area contributed by atoms with Crippen molar-refractivity contribution in [3.05, 3.63) is 58.3 Å². The summed E-state index contributed by atoms with van der Waals surface area (Å²) >= 11 is 3.33. The van der Waals surface area contributed by atoms with E-state index >= 15 is 0 Å². The minimum absolute atomic E-state index is 0.141. The third kappa shape index (κ3) is 2.97. The van der Waals surface area contributed by atoms with Crippen LogP contribution in [0.5, 0.6) is 5.75 Å². The second-order valence-electron chi connectivity index (χ2n) is 3.56.